The highest BCUT2D eigenvalue weighted by Crippen LogP contribution is 2.24. The molecule has 0 atom stereocenters. The van der Waals surface area contributed by atoms with E-state index in [1.165, 1.54) is 24.3 Å². The summed E-state index contributed by atoms with van der Waals surface area (Å²) in [6.45, 7) is 5.63. The fourth-order valence-corrected chi connectivity index (χ4v) is 4.52. The molecule has 4 N–H and O–H groups in total. The van der Waals surface area contributed by atoms with Gasteiger partial charge < -0.3 is 16.0 Å². The second-order valence-electron chi connectivity index (χ2n) is 8.20. The van der Waals surface area contributed by atoms with Gasteiger partial charge in [0.05, 0.1) is 10.6 Å². The van der Waals surface area contributed by atoms with E-state index in [4.69, 9.17) is 0 Å². The lowest BCUT2D eigenvalue weighted by molar-refractivity contribution is 0.102. The van der Waals surface area contributed by atoms with E-state index in [-0.39, 0.29) is 28.3 Å². The maximum atomic E-state index is 13.9. The number of rotatable bonds is 8. The maximum absolute atomic E-state index is 13.9. The zero-order valence-electron chi connectivity index (χ0n) is 19.6. The van der Waals surface area contributed by atoms with Gasteiger partial charge in [0.1, 0.15) is 5.82 Å². The van der Waals surface area contributed by atoms with Crippen molar-refractivity contribution in [2.75, 3.05) is 10.0 Å². The van der Waals surface area contributed by atoms with Crippen LogP contribution in [0.2, 0.25) is 0 Å². The summed E-state index contributed by atoms with van der Waals surface area (Å²) in [5.74, 6) is -1.13. The molecule has 0 bridgehead atoms. The molecule has 3 rings (SSSR count). The Morgan fingerprint density at radius 3 is 2.31 bits per heavy atom. The first-order valence-electron chi connectivity index (χ1n) is 10.9. The van der Waals surface area contributed by atoms with Crippen LogP contribution in [0, 0.1) is 12.7 Å². The van der Waals surface area contributed by atoms with Crippen molar-refractivity contribution in [2.24, 2.45) is 0 Å². The first kappa shape index (κ1) is 25.7. The third-order valence-electron chi connectivity index (χ3n) is 4.94. The fourth-order valence-electron chi connectivity index (χ4n) is 3.18. The SMILES string of the molecule is Cc1ccc(NC(=O)c2ccc(CNC(=O)NC(C)C)cc2)cc1S(=O)(=O)Nc1ccccc1F. The second kappa shape index (κ2) is 11.0. The number of aryl methyl sites for hydroxylation is 1. The Hall–Kier alpha value is -3.92. The minimum atomic E-state index is -4.10. The number of urea groups is 1. The summed E-state index contributed by atoms with van der Waals surface area (Å²) in [6, 6.07) is 16.3. The Kier molecular flexibility index (Phi) is 8.08. The first-order valence-corrected chi connectivity index (χ1v) is 12.4. The molecule has 0 aromatic heterocycles. The number of halogens is 1. The first-order chi connectivity index (χ1) is 16.5. The number of benzene rings is 3. The summed E-state index contributed by atoms with van der Waals surface area (Å²) in [7, 11) is -4.10. The van der Waals surface area contributed by atoms with Gasteiger partial charge in [-0.25, -0.2) is 17.6 Å². The molecule has 0 heterocycles. The highest BCUT2D eigenvalue weighted by atomic mass is 32.2. The van der Waals surface area contributed by atoms with Crippen LogP contribution in [0.4, 0.5) is 20.6 Å². The molecule has 0 aliphatic heterocycles. The minimum absolute atomic E-state index is 0.0219. The lowest BCUT2D eigenvalue weighted by Crippen LogP contribution is -2.39. The molecule has 35 heavy (non-hydrogen) atoms. The zero-order valence-corrected chi connectivity index (χ0v) is 20.4. The van der Waals surface area contributed by atoms with E-state index < -0.39 is 21.7 Å². The molecule has 0 unspecified atom stereocenters. The minimum Gasteiger partial charge on any atom is -0.336 e. The van der Waals surface area contributed by atoms with E-state index in [0.717, 1.165) is 11.6 Å². The number of sulfonamides is 1. The highest BCUT2D eigenvalue weighted by Gasteiger charge is 2.20. The van der Waals surface area contributed by atoms with E-state index in [9.17, 15) is 22.4 Å². The summed E-state index contributed by atoms with van der Waals surface area (Å²) in [5.41, 5.74) is 1.70. The molecule has 0 spiro atoms. The summed E-state index contributed by atoms with van der Waals surface area (Å²) in [6.07, 6.45) is 0. The molecular formula is C25H27FN4O4S. The molecular weight excluding hydrogens is 471 g/mol. The number of nitrogens with one attached hydrogen (secondary N) is 4. The molecule has 0 radical (unpaired) electrons. The molecule has 0 aliphatic rings. The normalized spacial score (nSPS) is 11.1. The highest BCUT2D eigenvalue weighted by molar-refractivity contribution is 7.92. The van der Waals surface area contributed by atoms with Crippen molar-refractivity contribution in [2.45, 2.75) is 38.3 Å². The molecule has 0 saturated carbocycles. The van der Waals surface area contributed by atoms with Crippen LogP contribution in [-0.4, -0.2) is 26.4 Å². The summed E-state index contributed by atoms with van der Waals surface area (Å²) < 4.78 is 41.9. The molecule has 3 aromatic carbocycles. The average Bonchev–Trinajstić information content (AvgIpc) is 2.80. The van der Waals surface area contributed by atoms with Gasteiger partial charge in [0.15, 0.2) is 0 Å². The summed E-state index contributed by atoms with van der Waals surface area (Å²) >= 11 is 0. The zero-order chi connectivity index (χ0) is 25.6. The Balaban J connectivity index is 1.69. The van der Waals surface area contributed by atoms with Crippen LogP contribution in [0.25, 0.3) is 0 Å². The summed E-state index contributed by atoms with van der Waals surface area (Å²) in [4.78, 5) is 24.3. The summed E-state index contributed by atoms with van der Waals surface area (Å²) in [5, 5.41) is 8.13. The Morgan fingerprint density at radius 2 is 1.66 bits per heavy atom. The molecule has 184 valence electrons. The van der Waals surface area contributed by atoms with Gasteiger partial charge in [-0.05, 0) is 68.3 Å². The predicted molar refractivity (Wildman–Crippen MR) is 133 cm³/mol. The van der Waals surface area contributed by atoms with Crippen LogP contribution in [0.1, 0.15) is 35.3 Å². The van der Waals surface area contributed by atoms with Crippen LogP contribution in [0.15, 0.2) is 71.6 Å². The number of carbonyl (C=O) groups excluding carboxylic acids is 2. The molecule has 0 fully saturated rings. The van der Waals surface area contributed by atoms with Crippen LogP contribution < -0.4 is 20.7 Å². The molecule has 0 saturated heterocycles. The molecule has 8 nitrogen and oxygen atoms in total. The number of amides is 3. The lowest BCUT2D eigenvalue weighted by Gasteiger charge is -2.13. The van der Waals surface area contributed by atoms with Gasteiger partial charge in [-0.3, -0.25) is 9.52 Å². The van der Waals surface area contributed by atoms with Gasteiger partial charge in [-0.15, -0.1) is 0 Å². The van der Waals surface area contributed by atoms with E-state index >= 15 is 0 Å². The number of hydrogen-bond donors (Lipinski definition) is 4. The van der Waals surface area contributed by atoms with Gasteiger partial charge in [0.2, 0.25) is 0 Å². The average molecular weight is 499 g/mol. The van der Waals surface area contributed by atoms with Crippen molar-refractivity contribution in [3.63, 3.8) is 0 Å². The molecule has 10 heteroatoms. The standard InChI is InChI=1S/C25H27FN4O4S/c1-16(2)28-25(32)27-15-18-9-11-19(12-10-18)24(31)29-20-13-8-17(3)23(14-20)35(33,34)30-22-7-5-4-6-21(22)26/h4-14,16,30H,15H2,1-3H3,(H,29,31)(H2,27,28,32). The largest absolute Gasteiger partial charge is 0.336 e. The third-order valence-corrected chi connectivity index (χ3v) is 6.45. The van der Waals surface area contributed by atoms with E-state index in [2.05, 4.69) is 20.7 Å². The van der Waals surface area contributed by atoms with E-state index in [1.807, 2.05) is 13.8 Å². The predicted octanol–water partition coefficient (Wildman–Crippen LogP) is 4.39. The van der Waals surface area contributed by atoms with Crippen molar-refractivity contribution in [3.8, 4) is 0 Å². The van der Waals surface area contributed by atoms with Crippen molar-refractivity contribution in [1.82, 2.24) is 10.6 Å². The van der Waals surface area contributed by atoms with Gasteiger partial charge >= 0.3 is 6.03 Å². The smallest absolute Gasteiger partial charge is 0.315 e. The third kappa shape index (κ3) is 7.03. The van der Waals surface area contributed by atoms with E-state index in [1.54, 1.807) is 43.3 Å². The van der Waals surface area contributed by atoms with E-state index in [0.29, 0.717) is 17.7 Å². The monoisotopic (exact) mass is 498 g/mol. The van der Waals surface area contributed by atoms with Gasteiger partial charge in [-0.2, -0.15) is 0 Å². The Labute approximate surface area is 204 Å². The second-order valence-corrected chi connectivity index (χ2v) is 9.85. The van der Waals surface area contributed by atoms with Crippen molar-refractivity contribution >= 4 is 33.3 Å². The quantitative estimate of drug-likeness (QED) is 0.368. The van der Waals surface area contributed by atoms with Crippen LogP contribution >= 0.6 is 0 Å². The van der Waals surface area contributed by atoms with Crippen molar-refractivity contribution in [3.05, 3.63) is 89.2 Å². The van der Waals surface area contributed by atoms with Gasteiger partial charge in [-0.1, -0.05) is 30.3 Å². The topological polar surface area (TPSA) is 116 Å². The maximum Gasteiger partial charge on any atom is 0.315 e. The van der Waals surface area contributed by atoms with Gasteiger partial charge in [0.25, 0.3) is 15.9 Å². The number of carbonyl (C=O) groups is 2. The number of para-hydroxylation sites is 1. The Bertz CT molecular complexity index is 1330. The molecule has 0 aliphatic carbocycles. The van der Waals surface area contributed by atoms with Crippen LogP contribution in [0.3, 0.4) is 0 Å². The lowest BCUT2D eigenvalue weighted by atomic mass is 10.1. The van der Waals surface area contributed by atoms with Crippen molar-refractivity contribution in [1.29, 1.82) is 0 Å². The Morgan fingerprint density at radius 1 is 0.971 bits per heavy atom. The fraction of sp³-hybridized carbons (Fsp3) is 0.200. The number of anilines is 2. The molecule has 3 amide bonds. The number of hydrogen-bond acceptors (Lipinski definition) is 4. The van der Waals surface area contributed by atoms with Crippen molar-refractivity contribution < 1.29 is 22.4 Å². The van der Waals surface area contributed by atoms with Gasteiger partial charge in [0, 0.05) is 23.8 Å². The molecule has 3 aromatic rings. The van der Waals surface area contributed by atoms with Crippen LogP contribution in [-0.2, 0) is 16.6 Å². The van der Waals surface area contributed by atoms with Crippen LogP contribution in [0.5, 0.6) is 0 Å².